The zero-order chi connectivity index (χ0) is 17.2. The molecule has 0 unspecified atom stereocenters. The Hall–Kier alpha value is -1.47. The highest BCUT2D eigenvalue weighted by molar-refractivity contribution is 6.42. The highest BCUT2D eigenvalue weighted by Gasteiger charge is 2.27. The number of nitrogens with one attached hydrogen (secondary N) is 1. The molecule has 0 aliphatic carbocycles. The Bertz CT molecular complexity index is 583. The van der Waals surface area contributed by atoms with E-state index in [9.17, 15) is 4.79 Å². The fourth-order valence-corrected chi connectivity index (χ4v) is 2.53. The summed E-state index contributed by atoms with van der Waals surface area (Å²) in [5.74, 6) is 0.976. The smallest absolute Gasteiger partial charge is 0.410 e. The van der Waals surface area contributed by atoms with Gasteiger partial charge in [0.1, 0.15) is 10.6 Å². The van der Waals surface area contributed by atoms with E-state index >= 15 is 0 Å². The predicted octanol–water partition coefficient (Wildman–Crippen LogP) is 2.88. The predicted molar refractivity (Wildman–Crippen MR) is 91.6 cm³/mol. The minimum Gasteiger partial charge on any atom is -0.444 e. The number of carbonyl (C=O) groups excluding carboxylic acids is 1. The Morgan fingerprint density at radius 3 is 2.30 bits per heavy atom. The Balaban J connectivity index is 2.05. The van der Waals surface area contributed by atoms with Crippen molar-refractivity contribution in [2.24, 2.45) is 0 Å². The second kappa shape index (κ2) is 6.97. The number of hydrogen-bond acceptors (Lipinski definition) is 6. The van der Waals surface area contributed by atoms with E-state index < -0.39 is 5.60 Å². The van der Waals surface area contributed by atoms with Crippen LogP contribution in [0.4, 0.5) is 16.6 Å². The molecule has 1 amide bonds. The van der Waals surface area contributed by atoms with Crippen molar-refractivity contribution in [2.45, 2.75) is 26.4 Å². The lowest BCUT2D eigenvalue weighted by molar-refractivity contribution is 0.0240. The normalized spacial score (nSPS) is 15.6. The quantitative estimate of drug-likeness (QED) is 0.816. The van der Waals surface area contributed by atoms with Crippen molar-refractivity contribution in [3.05, 3.63) is 10.2 Å². The van der Waals surface area contributed by atoms with Crippen molar-refractivity contribution < 1.29 is 9.53 Å². The van der Waals surface area contributed by atoms with Gasteiger partial charge in [-0.3, -0.25) is 0 Å². The van der Waals surface area contributed by atoms with E-state index in [-0.39, 0.29) is 11.2 Å². The summed E-state index contributed by atoms with van der Waals surface area (Å²) in [5, 5.41) is 3.37. The zero-order valence-corrected chi connectivity index (χ0v) is 15.2. The summed E-state index contributed by atoms with van der Waals surface area (Å²) in [6, 6.07) is 0. The van der Waals surface area contributed by atoms with E-state index in [1.54, 1.807) is 11.9 Å². The fraction of sp³-hybridized carbons (Fsp3) is 0.643. The van der Waals surface area contributed by atoms with E-state index in [2.05, 4.69) is 15.3 Å². The number of piperazine rings is 1. The molecule has 23 heavy (non-hydrogen) atoms. The molecule has 128 valence electrons. The molecule has 0 radical (unpaired) electrons. The van der Waals surface area contributed by atoms with Crippen molar-refractivity contribution in [2.75, 3.05) is 43.4 Å². The van der Waals surface area contributed by atoms with Crippen LogP contribution in [0.2, 0.25) is 10.2 Å². The van der Waals surface area contributed by atoms with Gasteiger partial charge in [0.05, 0.1) is 0 Å². The van der Waals surface area contributed by atoms with Crippen LogP contribution in [0, 0.1) is 0 Å². The number of anilines is 2. The standard InChI is InChI=1S/C14H21Cl2N5O2/c1-14(2,3)23-13(22)21-7-5-20(6-8-21)11-9(15)10(16)18-12(17-4)19-11/h5-8H2,1-4H3,(H,17,18,19). The minimum absolute atomic E-state index is 0.204. The average Bonchev–Trinajstić information content (AvgIpc) is 2.48. The highest BCUT2D eigenvalue weighted by atomic mass is 35.5. The van der Waals surface area contributed by atoms with Crippen LogP contribution in [0.25, 0.3) is 0 Å². The number of ether oxygens (including phenoxy) is 1. The van der Waals surface area contributed by atoms with Crippen LogP contribution < -0.4 is 10.2 Å². The summed E-state index contributed by atoms with van der Waals surface area (Å²) in [4.78, 5) is 24.1. The first kappa shape index (κ1) is 17.9. The topological polar surface area (TPSA) is 70.6 Å². The molecular formula is C14H21Cl2N5O2. The molecule has 1 aromatic heterocycles. The molecule has 1 aliphatic heterocycles. The van der Waals surface area contributed by atoms with Crippen LogP contribution in [0.1, 0.15) is 20.8 Å². The van der Waals surface area contributed by atoms with Gasteiger partial charge in [-0.15, -0.1) is 0 Å². The molecule has 9 heteroatoms. The first-order valence-electron chi connectivity index (χ1n) is 7.35. The number of nitrogens with zero attached hydrogens (tertiary/aromatic N) is 4. The molecule has 1 N–H and O–H groups in total. The molecule has 7 nitrogen and oxygen atoms in total. The Morgan fingerprint density at radius 1 is 1.17 bits per heavy atom. The van der Waals surface area contributed by atoms with Gasteiger partial charge in [-0.2, -0.15) is 9.97 Å². The molecular weight excluding hydrogens is 341 g/mol. The number of rotatable bonds is 2. The molecule has 1 saturated heterocycles. The second-order valence-electron chi connectivity index (χ2n) is 6.18. The summed E-state index contributed by atoms with van der Waals surface area (Å²) >= 11 is 12.2. The summed E-state index contributed by atoms with van der Waals surface area (Å²) in [6.45, 7) is 7.80. The third kappa shape index (κ3) is 4.51. The summed E-state index contributed by atoms with van der Waals surface area (Å²) in [6.07, 6.45) is -0.306. The molecule has 0 aromatic carbocycles. The second-order valence-corrected chi connectivity index (χ2v) is 6.92. The van der Waals surface area contributed by atoms with Crippen LogP contribution in [0.3, 0.4) is 0 Å². The van der Waals surface area contributed by atoms with Gasteiger partial charge >= 0.3 is 6.09 Å². The van der Waals surface area contributed by atoms with Gasteiger partial charge in [0.25, 0.3) is 0 Å². The summed E-state index contributed by atoms with van der Waals surface area (Å²) < 4.78 is 5.38. The van der Waals surface area contributed by atoms with Crippen molar-refractivity contribution in [3.8, 4) is 0 Å². The minimum atomic E-state index is -0.501. The van der Waals surface area contributed by atoms with Gasteiger partial charge in [-0.1, -0.05) is 23.2 Å². The van der Waals surface area contributed by atoms with Gasteiger partial charge in [0, 0.05) is 33.2 Å². The monoisotopic (exact) mass is 361 g/mol. The van der Waals surface area contributed by atoms with Crippen molar-refractivity contribution >= 4 is 41.1 Å². The maximum Gasteiger partial charge on any atom is 0.410 e. The lowest BCUT2D eigenvalue weighted by Gasteiger charge is -2.36. The molecule has 1 fully saturated rings. The van der Waals surface area contributed by atoms with E-state index in [1.807, 2.05) is 25.7 Å². The van der Waals surface area contributed by atoms with Crippen LogP contribution in [-0.2, 0) is 4.74 Å². The van der Waals surface area contributed by atoms with Crippen molar-refractivity contribution in [3.63, 3.8) is 0 Å². The van der Waals surface area contributed by atoms with Crippen molar-refractivity contribution in [1.29, 1.82) is 0 Å². The Kier molecular flexibility index (Phi) is 5.41. The zero-order valence-electron chi connectivity index (χ0n) is 13.7. The Labute approximate surface area is 145 Å². The van der Waals surface area contributed by atoms with E-state index in [1.165, 1.54) is 0 Å². The Morgan fingerprint density at radius 2 is 1.78 bits per heavy atom. The van der Waals surface area contributed by atoms with Gasteiger partial charge < -0.3 is 19.9 Å². The maximum atomic E-state index is 12.1. The SMILES string of the molecule is CNc1nc(Cl)c(Cl)c(N2CCN(C(=O)OC(C)(C)C)CC2)n1. The van der Waals surface area contributed by atoms with E-state index in [4.69, 9.17) is 27.9 Å². The molecule has 2 heterocycles. The van der Waals surface area contributed by atoms with Gasteiger partial charge in [-0.05, 0) is 20.8 Å². The highest BCUT2D eigenvalue weighted by Crippen LogP contribution is 2.31. The molecule has 0 bridgehead atoms. The van der Waals surface area contributed by atoms with Crippen LogP contribution in [0.15, 0.2) is 0 Å². The number of halogens is 2. The number of aromatic nitrogens is 2. The fourth-order valence-electron chi connectivity index (χ4n) is 2.16. The average molecular weight is 362 g/mol. The van der Waals surface area contributed by atoms with Crippen molar-refractivity contribution in [1.82, 2.24) is 14.9 Å². The summed E-state index contributed by atoms with van der Waals surface area (Å²) in [7, 11) is 1.71. The largest absolute Gasteiger partial charge is 0.444 e. The summed E-state index contributed by atoms with van der Waals surface area (Å²) in [5.41, 5.74) is -0.501. The van der Waals surface area contributed by atoms with E-state index in [0.717, 1.165) is 0 Å². The number of amides is 1. The lowest BCUT2D eigenvalue weighted by atomic mass is 10.2. The number of hydrogen-bond donors (Lipinski definition) is 1. The first-order valence-corrected chi connectivity index (χ1v) is 8.10. The molecule has 1 aliphatic rings. The molecule has 0 saturated carbocycles. The van der Waals surface area contributed by atoms with E-state index in [0.29, 0.717) is 43.0 Å². The first-order chi connectivity index (χ1) is 10.7. The number of carbonyl (C=O) groups is 1. The van der Waals surface area contributed by atoms with Gasteiger partial charge in [0.2, 0.25) is 5.95 Å². The molecule has 0 atom stereocenters. The maximum absolute atomic E-state index is 12.1. The van der Waals surface area contributed by atoms with Gasteiger partial charge in [-0.25, -0.2) is 4.79 Å². The van der Waals surface area contributed by atoms with Crippen LogP contribution >= 0.6 is 23.2 Å². The van der Waals surface area contributed by atoms with Gasteiger partial charge in [0.15, 0.2) is 11.0 Å². The molecule has 0 spiro atoms. The van der Waals surface area contributed by atoms with Crippen LogP contribution in [0.5, 0.6) is 0 Å². The third-order valence-electron chi connectivity index (χ3n) is 3.25. The molecule has 2 rings (SSSR count). The lowest BCUT2D eigenvalue weighted by Crippen LogP contribution is -2.50. The molecule has 1 aromatic rings. The third-order valence-corrected chi connectivity index (χ3v) is 3.97. The van der Waals surface area contributed by atoms with Crippen LogP contribution in [-0.4, -0.2) is 59.8 Å².